The molecule has 0 radical (unpaired) electrons. The molecule has 0 aliphatic carbocycles. The number of hydrogen-bond donors (Lipinski definition) is 2. The van der Waals surface area contributed by atoms with Crippen LogP contribution in [0.2, 0.25) is 5.02 Å². The van der Waals surface area contributed by atoms with Gasteiger partial charge in [-0.25, -0.2) is 9.97 Å². The monoisotopic (exact) mass is 361 g/mol. The first-order chi connectivity index (χ1) is 11.2. The Balaban J connectivity index is 2.11. The molecule has 0 fully saturated rings. The summed E-state index contributed by atoms with van der Waals surface area (Å²) < 4.78 is 41.2. The Morgan fingerprint density at radius 2 is 1.96 bits per heavy atom. The van der Waals surface area contributed by atoms with Crippen molar-refractivity contribution in [1.29, 1.82) is 0 Å². The van der Waals surface area contributed by atoms with Gasteiger partial charge in [0.05, 0.1) is 5.69 Å². The van der Waals surface area contributed by atoms with Gasteiger partial charge in [0, 0.05) is 6.54 Å². The van der Waals surface area contributed by atoms with Gasteiger partial charge in [0.15, 0.2) is 18.1 Å². The average molecular weight is 362 g/mol. The van der Waals surface area contributed by atoms with Crippen LogP contribution in [0.1, 0.15) is 17.1 Å². The van der Waals surface area contributed by atoms with Gasteiger partial charge in [-0.05, 0) is 31.5 Å². The fourth-order valence-electron chi connectivity index (χ4n) is 1.95. The molecule has 9 heteroatoms. The number of alkyl halides is 3. The number of phenolic OH excluding ortho intramolecular Hbond substituents is 1. The Morgan fingerprint density at radius 3 is 2.62 bits per heavy atom. The van der Waals surface area contributed by atoms with Crippen LogP contribution in [0.3, 0.4) is 0 Å². The standard InChI is InChI=1S/C15H15ClF3N3O2/c1-8-13(16)14(22-9(2)21-8)20-6-10-3-4-11(23)12(5-10)24-7-15(17,18)19/h3-5,23H,6-7H2,1-2H3,(H,20,21,22). The number of halogens is 4. The molecule has 2 rings (SSSR count). The Kier molecular flexibility index (Phi) is 5.38. The van der Waals surface area contributed by atoms with E-state index in [1.807, 2.05) is 0 Å². The van der Waals surface area contributed by atoms with Crippen LogP contribution < -0.4 is 10.1 Å². The molecule has 0 spiro atoms. The number of ether oxygens (including phenoxy) is 1. The van der Waals surface area contributed by atoms with Crippen molar-refractivity contribution in [3.63, 3.8) is 0 Å². The molecule has 130 valence electrons. The topological polar surface area (TPSA) is 67.3 Å². The Labute approximate surface area is 141 Å². The molecule has 1 heterocycles. The van der Waals surface area contributed by atoms with E-state index >= 15 is 0 Å². The second-order valence-corrected chi connectivity index (χ2v) is 5.46. The summed E-state index contributed by atoms with van der Waals surface area (Å²) in [4.78, 5) is 8.29. The fourth-order valence-corrected chi connectivity index (χ4v) is 2.10. The second kappa shape index (κ2) is 7.12. The Bertz CT molecular complexity index is 739. The highest BCUT2D eigenvalue weighted by molar-refractivity contribution is 6.33. The minimum Gasteiger partial charge on any atom is -0.504 e. The van der Waals surface area contributed by atoms with Crippen molar-refractivity contribution >= 4 is 17.4 Å². The molecule has 5 nitrogen and oxygen atoms in total. The molecule has 0 unspecified atom stereocenters. The number of rotatable bonds is 5. The zero-order valence-electron chi connectivity index (χ0n) is 12.9. The smallest absolute Gasteiger partial charge is 0.422 e. The van der Waals surface area contributed by atoms with E-state index < -0.39 is 12.8 Å². The van der Waals surface area contributed by atoms with Crippen molar-refractivity contribution in [3.05, 3.63) is 40.3 Å². The number of nitrogens with one attached hydrogen (secondary N) is 1. The summed E-state index contributed by atoms with van der Waals surface area (Å²) in [6.07, 6.45) is -4.48. The molecular formula is C15H15ClF3N3O2. The lowest BCUT2D eigenvalue weighted by Gasteiger charge is -2.13. The van der Waals surface area contributed by atoms with Crippen molar-refractivity contribution in [2.75, 3.05) is 11.9 Å². The first-order valence-electron chi connectivity index (χ1n) is 6.92. The molecule has 0 atom stereocenters. The summed E-state index contributed by atoms with van der Waals surface area (Å²) in [5.41, 5.74) is 1.21. The van der Waals surface area contributed by atoms with Gasteiger partial charge in [0.25, 0.3) is 0 Å². The maximum Gasteiger partial charge on any atom is 0.422 e. The van der Waals surface area contributed by atoms with Crippen LogP contribution in [0.15, 0.2) is 18.2 Å². The molecule has 24 heavy (non-hydrogen) atoms. The lowest BCUT2D eigenvalue weighted by Crippen LogP contribution is -2.19. The van der Waals surface area contributed by atoms with Crippen molar-refractivity contribution in [1.82, 2.24) is 9.97 Å². The predicted molar refractivity (Wildman–Crippen MR) is 83.5 cm³/mol. The minimum atomic E-state index is -4.48. The van der Waals surface area contributed by atoms with E-state index in [4.69, 9.17) is 11.6 Å². The molecule has 0 saturated carbocycles. The van der Waals surface area contributed by atoms with E-state index in [0.29, 0.717) is 27.9 Å². The summed E-state index contributed by atoms with van der Waals surface area (Å²) in [6.45, 7) is 2.22. The van der Waals surface area contributed by atoms with Crippen molar-refractivity contribution in [2.45, 2.75) is 26.6 Å². The van der Waals surface area contributed by atoms with Gasteiger partial charge < -0.3 is 15.2 Å². The first kappa shape index (κ1) is 18.1. The van der Waals surface area contributed by atoms with Crippen molar-refractivity contribution < 1.29 is 23.0 Å². The third-order valence-corrected chi connectivity index (χ3v) is 3.46. The lowest BCUT2D eigenvalue weighted by molar-refractivity contribution is -0.153. The van der Waals surface area contributed by atoms with Crippen LogP contribution in [-0.2, 0) is 6.54 Å². The molecule has 1 aromatic heterocycles. The lowest BCUT2D eigenvalue weighted by atomic mass is 10.2. The molecule has 1 aromatic carbocycles. The van der Waals surface area contributed by atoms with Gasteiger partial charge in [0.2, 0.25) is 0 Å². The third kappa shape index (κ3) is 4.89. The van der Waals surface area contributed by atoms with E-state index in [2.05, 4.69) is 20.0 Å². The number of aromatic hydroxyl groups is 1. The molecule has 0 bridgehead atoms. The second-order valence-electron chi connectivity index (χ2n) is 5.08. The highest BCUT2D eigenvalue weighted by Gasteiger charge is 2.28. The fraction of sp³-hybridized carbons (Fsp3) is 0.333. The maximum absolute atomic E-state index is 12.2. The number of anilines is 1. The van der Waals surface area contributed by atoms with Crippen LogP contribution in [0.4, 0.5) is 19.0 Å². The Hall–Kier alpha value is -2.22. The Morgan fingerprint density at radius 1 is 1.25 bits per heavy atom. The zero-order valence-corrected chi connectivity index (χ0v) is 13.7. The van der Waals surface area contributed by atoms with Crippen LogP contribution in [0.25, 0.3) is 0 Å². The summed E-state index contributed by atoms with van der Waals surface area (Å²) in [6, 6.07) is 4.14. The molecule has 2 aromatic rings. The van der Waals surface area contributed by atoms with Crippen LogP contribution >= 0.6 is 11.6 Å². The molecule has 0 aliphatic rings. The predicted octanol–water partition coefficient (Wildman–Crippen LogP) is 4.01. The molecule has 0 saturated heterocycles. The largest absolute Gasteiger partial charge is 0.504 e. The van der Waals surface area contributed by atoms with E-state index in [0.717, 1.165) is 0 Å². The molecule has 2 N–H and O–H groups in total. The molecular weight excluding hydrogens is 347 g/mol. The minimum absolute atomic E-state index is 0.234. The van der Waals surface area contributed by atoms with Crippen LogP contribution in [0, 0.1) is 13.8 Å². The van der Waals surface area contributed by atoms with Gasteiger partial charge in [-0.2, -0.15) is 13.2 Å². The van der Waals surface area contributed by atoms with Gasteiger partial charge in [-0.15, -0.1) is 0 Å². The molecule has 0 aliphatic heterocycles. The van der Waals surface area contributed by atoms with Crippen LogP contribution in [0.5, 0.6) is 11.5 Å². The number of nitrogens with zero attached hydrogens (tertiary/aromatic N) is 2. The summed E-state index contributed by atoms with van der Waals surface area (Å²) in [7, 11) is 0. The normalized spacial score (nSPS) is 11.4. The molecule has 0 amide bonds. The SMILES string of the molecule is Cc1nc(C)c(Cl)c(NCc2ccc(O)c(OCC(F)(F)F)c2)n1. The quantitative estimate of drug-likeness (QED) is 0.842. The van der Waals surface area contributed by atoms with E-state index in [-0.39, 0.29) is 18.0 Å². The summed E-state index contributed by atoms with van der Waals surface area (Å²) >= 11 is 6.11. The zero-order chi connectivity index (χ0) is 17.9. The van der Waals surface area contributed by atoms with Crippen LogP contribution in [-0.4, -0.2) is 27.9 Å². The third-order valence-electron chi connectivity index (χ3n) is 3.00. The van der Waals surface area contributed by atoms with Crippen molar-refractivity contribution in [3.8, 4) is 11.5 Å². The number of benzene rings is 1. The number of hydrogen-bond acceptors (Lipinski definition) is 5. The van der Waals surface area contributed by atoms with E-state index in [1.54, 1.807) is 19.9 Å². The maximum atomic E-state index is 12.2. The van der Waals surface area contributed by atoms with Crippen molar-refractivity contribution in [2.24, 2.45) is 0 Å². The number of aryl methyl sites for hydroxylation is 2. The number of phenols is 1. The van der Waals surface area contributed by atoms with Gasteiger partial charge in [-0.1, -0.05) is 17.7 Å². The van der Waals surface area contributed by atoms with Gasteiger partial charge in [0.1, 0.15) is 16.7 Å². The highest BCUT2D eigenvalue weighted by Crippen LogP contribution is 2.29. The summed E-state index contributed by atoms with van der Waals surface area (Å²) in [5, 5.41) is 12.9. The van der Waals surface area contributed by atoms with Gasteiger partial charge in [-0.3, -0.25) is 0 Å². The summed E-state index contributed by atoms with van der Waals surface area (Å²) in [5.74, 6) is 0.356. The average Bonchev–Trinajstić information content (AvgIpc) is 2.48. The number of aromatic nitrogens is 2. The highest BCUT2D eigenvalue weighted by atomic mass is 35.5. The van der Waals surface area contributed by atoms with E-state index in [1.165, 1.54) is 12.1 Å². The van der Waals surface area contributed by atoms with E-state index in [9.17, 15) is 18.3 Å². The first-order valence-corrected chi connectivity index (χ1v) is 7.29. The van der Waals surface area contributed by atoms with Gasteiger partial charge >= 0.3 is 6.18 Å².